The number of carbonyl (C=O) groups excluding carboxylic acids is 2. The van der Waals surface area contributed by atoms with Gasteiger partial charge in [0.25, 0.3) is 0 Å². The van der Waals surface area contributed by atoms with Crippen LogP contribution in [-0.4, -0.2) is 22.8 Å². The van der Waals surface area contributed by atoms with Gasteiger partial charge >= 0.3 is 0 Å². The van der Waals surface area contributed by atoms with Crippen molar-refractivity contribution < 1.29 is 14.7 Å². The van der Waals surface area contributed by atoms with Crippen LogP contribution in [0.5, 0.6) is 0 Å². The average molecular weight is 302 g/mol. The number of aliphatic hydroxyl groups is 1. The number of aliphatic hydroxyl groups excluding tert-OH is 1. The number of carbonyl (C=O) groups is 2. The summed E-state index contributed by atoms with van der Waals surface area (Å²) >= 11 is 0. The standard InChI is InChI=1S/C19H26O3/c1-18-7-5-12(20)9-11(18)10-15(21)17-13-3-4-16(22)19(13,2)8-6-14(17)18/h10,12-14,17,20H,3-9H2,1-2H3/t12-,13+,14+,17+,18-,19+/m0/s1. The van der Waals surface area contributed by atoms with Crippen LogP contribution >= 0.6 is 0 Å². The third-order valence-electron chi connectivity index (χ3n) is 7.63. The first-order chi connectivity index (χ1) is 10.4. The van der Waals surface area contributed by atoms with Crippen LogP contribution in [0.3, 0.4) is 0 Å². The van der Waals surface area contributed by atoms with E-state index < -0.39 is 0 Å². The lowest BCUT2D eigenvalue weighted by molar-refractivity contribution is -0.139. The fourth-order valence-electron chi connectivity index (χ4n) is 6.16. The molecular weight excluding hydrogens is 276 g/mol. The van der Waals surface area contributed by atoms with Gasteiger partial charge in [0.15, 0.2) is 5.78 Å². The number of rotatable bonds is 0. The van der Waals surface area contributed by atoms with E-state index in [2.05, 4.69) is 13.8 Å². The molecule has 0 radical (unpaired) electrons. The number of Topliss-reactive ketones (excluding diaryl/α,β-unsaturated/α-hetero) is 1. The van der Waals surface area contributed by atoms with E-state index in [0.29, 0.717) is 24.5 Å². The van der Waals surface area contributed by atoms with Crippen molar-refractivity contribution >= 4 is 11.6 Å². The largest absolute Gasteiger partial charge is 0.393 e. The Morgan fingerprint density at radius 1 is 1.05 bits per heavy atom. The van der Waals surface area contributed by atoms with Crippen LogP contribution < -0.4 is 0 Å². The monoisotopic (exact) mass is 302 g/mol. The van der Waals surface area contributed by atoms with Gasteiger partial charge in [0, 0.05) is 17.8 Å². The molecule has 6 atom stereocenters. The molecule has 3 fully saturated rings. The number of hydrogen-bond acceptors (Lipinski definition) is 3. The van der Waals surface area contributed by atoms with Crippen molar-refractivity contribution in [2.75, 3.05) is 0 Å². The van der Waals surface area contributed by atoms with Gasteiger partial charge in [-0.25, -0.2) is 0 Å². The fourth-order valence-corrected chi connectivity index (χ4v) is 6.16. The summed E-state index contributed by atoms with van der Waals surface area (Å²) in [5.74, 6) is 1.26. The predicted molar refractivity (Wildman–Crippen MR) is 83.1 cm³/mol. The summed E-state index contributed by atoms with van der Waals surface area (Å²) in [4.78, 5) is 25.2. The average Bonchev–Trinajstić information content (AvgIpc) is 2.77. The second-order valence-corrected chi connectivity index (χ2v) is 8.54. The first-order valence-electron chi connectivity index (χ1n) is 8.82. The molecule has 0 aromatic rings. The normalized spacial score (nSPS) is 51.0. The lowest BCUT2D eigenvalue weighted by Crippen LogP contribution is -2.53. The molecule has 4 aliphatic carbocycles. The number of allylic oxidation sites excluding steroid dienone is 1. The van der Waals surface area contributed by atoms with Crippen LogP contribution in [0.2, 0.25) is 0 Å². The molecule has 22 heavy (non-hydrogen) atoms. The maximum absolute atomic E-state index is 12.9. The molecule has 0 saturated heterocycles. The summed E-state index contributed by atoms with van der Waals surface area (Å²) in [6, 6.07) is 0. The highest BCUT2D eigenvalue weighted by Crippen LogP contribution is 2.63. The third-order valence-corrected chi connectivity index (χ3v) is 7.63. The van der Waals surface area contributed by atoms with Crippen molar-refractivity contribution in [2.24, 2.45) is 28.6 Å². The molecule has 0 heterocycles. The van der Waals surface area contributed by atoms with Crippen molar-refractivity contribution in [3.8, 4) is 0 Å². The first kappa shape index (κ1) is 14.6. The molecule has 0 unspecified atom stereocenters. The minimum Gasteiger partial charge on any atom is -0.393 e. The highest BCUT2D eigenvalue weighted by molar-refractivity contribution is 5.96. The summed E-state index contributed by atoms with van der Waals surface area (Å²) < 4.78 is 0. The molecular formula is C19H26O3. The molecule has 3 heteroatoms. The number of ketones is 2. The first-order valence-corrected chi connectivity index (χ1v) is 8.82. The molecule has 1 N–H and O–H groups in total. The van der Waals surface area contributed by atoms with Gasteiger partial charge in [-0.2, -0.15) is 0 Å². The molecule has 0 amide bonds. The zero-order chi connectivity index (χ0) is 15.7. The summed E-state index contributed by atoms with van der Waals surface area (Å²) in [5, 5.41) is 9.97. The molecule has 4 aliphatic rings. The summed E-state index contributed by atoms with van der Waals surface area (Å²) in [5.41, 5.74) is 0.975. The van der Waals surface area contributed by atoms with Crippen molar-refractivity contribution in [3.05, 3.63) is 11.6 Å². The lowest BCUT2D eigenvalue weighted by Gasteiger charge is -2.55. The van der Waals surface area contributed by atoms with E-state index >= 15 is 0 Å². The van der Waals surface area contributed by atoms with Gasteiger partial charge in [-0.1, -0.05) is 19.4 Å². The van der Waals surface area contributed by atoms with Crippen molar-refractivity contribution in [2.45, 2.75) is 64.9 Å². The number of hydrogen-bond donors (Lipinski definition) is 1. The summed E-state index contributed by atoms with van der Waals surface area (Å²) in [7, 11) is 0. The van der Waals surface area contributed by atoms with Crippen LogP contribution in [0.1, 0.15) is 58.8 Å². The Morgan fingerprint density at radius 3 is 2.50 bits per heavy atom. The highest BCUT2D eigenvalue weighted by atomic mass is 16.3. The minimum absolute atomic E-state index is 0.0363. The smallest absolute Gasteiger partial charge is 0.159 e. The van der Waals surface area contributed by atoms with E-state index in [1.54, 1.807) is 0 Å². The van der Waals surface area contributed by atoms with Crippen LogP contribution in [-0.2, 0) is 9.59 Å². The molecule has 0 bridgehead atoms. The van der Waals surface area contributed by atoms with E-state index in [-0.39, 0.29) is 34.6 Å². The Hall–Kier alpha value is -0.960. The van der Waals surface area contributed by atoms with Crippen molar-refractivity contribution in [3.63, 3.8) is 0 Å². The second-order valence-electron chi connectivity index (χ2n) is 8.54. The number of fused-ring (bicyclic) bond motifs is 5. The van der Waals surface area contributed by atoms with Crippen LogP contribution in [0.25, 0.3) is 0 Å². The van der Waals surface area contributed by atoms with Gasteiger partial charge in [0.2, 0.25) is 0 Å². The van der Waals surface area contributed by atoms with Crippen molar-refractivity contribution in [1.82, 2.24) is 0 Å². The van der Waals surface area contributed by atoms with Crippen LogP contribution in [0, 0.1) is 28.6 Å². The van der Waals surface area contributed by atoms with Gasteiger partial charge < -0.3 is 5.11 Å². The molecule has 3 nitrogen and oxygen atoms in total. The zero-order valence-electron chi connectivity index (χ0n) is 13.6. The predicted octanol–water partition coefficient (Wildman–Crippen LogP) is 3.06. The molecule has 4 rings (SSSR count). The van der Waals surface area contributed by atoms with E-state index in [4.69, 9.17) is 0 Å². The van der Waals surface area contributed by atoms with Gasteiger partial charge in [0.1, 0.15) is 5.78 Å². The maximum Gasteiger partial charge on any atom is 0.159 e. The SMILES string of the molecule is C[C@@]12CC[C@@H]3[C@H](C(=O)C=C4C[C@@H](O)CC[C@@]43C)[C@H]1CCC2=O. The fraction of sp³-hybridized carbons (Fsp3) is 0.789. The lowest BCUT2D eigenvalue weighted by atomic mass is 9.48. The van der Waals surface area contributed by atoms with Gasteiger partial charge in [0.05, 0.1) is 6.10 Å². The van der Waals surface area contributed by atoms with Gasteiger partial charge in [-0.3, -0.25) is 9.59 Å². The Kier molecular flexibility index (Phi) is 3.01. The van der Waals surface area contributed by atoms with Gasteiger partial charge in [-0.05, 0) is 61.9 Å². The Balaban J connectivity index is 1.76. The van der Waals surface area contributed by atoms with Crippen LogP contribution in [0.4, 0.5) is 0 Å². The van der Waals surface area contributed by atoms with E-state index in [9.17, 15) is 14.7 Å². The van der Waals surface area contributed by atoms with Crippen LogP contribution in [0.15, 0.2) is 11.6 Å². The highest BCUT2D eigenvalue weighted by Gasteiger charge is 2.60. The van der Waals surface area contributed by atoms with Gasteiger partial charge in [-0.15, -0.1) is 0 Å². The maximum atomic E-state index is 12.9. The topological polar surface area (TPSA) is 54.4 Å². The molecule has 3 saturated carbocycles. The van der Waals surface area contributed by atoms with Crippen molar-refractivity contribution in [1.29, 1.82) is 0 Å². The zero-order valence-corrected chi connectivity index (χ0v) is 13.6. The van der Waals surface area contributed by atoms with E-state index in [1.165, 1.54) is 5.57 Å². The Labute approximate surface area is 132 Å². The third kappa shape index (κ3) is 1.72. The molecule has 0 aromatic carbocycles. The van der Waals surface area contributed by atoms with E-state index in [0.717, 1.165) is 32.1 Å². The Morgan fingerprint density at radius 2 is 1.73 bits per heavy atom. The summed E-state index contributed by atoms with van der Waals surface area (Å²) in [6.45, 7) is 4.40. The quantitative estimate of drug-likeness (QED) is 0.748. The minimum atomic E-state index is -0.286. The molecule has 0 aromatic heterocycles. The van der Waals surface area contributed by atoms with E-state index in [1.807, 2.05) is 6.08 Å². The second kappa shape index (κ2) is 4.53. The molecule has 120 valence electrons. The molecule has 0 aliphatic heterocycles. The molecule has 0 spiro atoms. The summed E-state index contributed by atoms with van der Waals surface area (Å²) in [6.07, 6.45) is 7.51. The Bertz CT molecular complexity index is 577.